The molecule has 1 nitrogen and oxygen atoms in total. The van der Waals surface area contributed by atoms with E-state index in [1.54, 1.807) is 24.2 Å². The SMILES string of the molecule is CCC(O[Si](C)(C)C)c1ccc2c(c1-[c-]1c3ccccc3c3ccccc31)Cc1ccccc1-2.C[C](C)=[Zr+2].[Cl-].[Cl-]. The molecular formula is C35H37Cl2OSiZr-. The Morgan fingerprint density at radius 2 is 1.32 bits per heavy atom. The predicted molar refractivity (Wildman–Crippen MR) is 165 cm³/mol. The summed E-state index contributed by atoms with van der Waals surface area (Å²) in [4.78, 5) is 0. The topological polar surface area (TPSA) is 9.23 Å². The van der Waals surface area contributed by atoms with E-state index in [2.05, 4.69) is 125 Å². The number of benzene rings is 4. The normalized spacial score (nSPS) is 12.5. The maximum Gasteiger partial charge on any atom is -1.00 e. The molecule has 0 amide bonds. The van der Waals surface area contributed by atoms with E-state index in [4.69, 9.17) is 4.43 Å². The molecule has 1 aliphatic rings. The molecule has 5 aromatic rings. The van der Waals surface area contributed by atoms with Gasteiger partial charge in [0.2, 0.25) is 0 Å². The summed E-state index contributed by atoms with van der Waals surface area (Å²) >= 11 is 1.55. The van der Waals surface area contributed by atoms with Crippen molar-refractivity contribution in [2.24, 2.45) is 0 Å². The number of hydrogen-bond acceptors (Lipinski definition) is 1. The average Bonchev–Trinajstić information content (AvgIpc) is 3.42. The van der Waals surface area contributed by atoms with Crippen LogP contribution in [-0.2, 0) is 35.1 Å². The molecule has 1 unspecified atom stereocenters. The van der Waals surface area contributed by atoms with Crippen molar-refractivity contribution in [1.29, 1.82) is 0 Å². The summed E-state index contributed by atoms with van der Waals surface area (Å²) in [6, 6.07) is 31.4. The summed E-state index contributed by atoms with van der Waals surface area (Å²) < 4.78 is 8.32. The van der Waals surface area contributed by atoms with Crippen LogP contribution in [0, 0.1) is 0 Å². The van der Waals surface area contributed by atoms with Crippen LogP contribution in [0.2, 0.25) is 19.6 Å². The van der Waals surface area contributed by atoms with Gasteiger partial charge in [0.05, 0.1) is 6.10 Å². The molecule has 0 radical (unpaired) electrons. The van der Waals surface area contributed by atoms with Gasteiger partial charge < -0.3 is 29.2 Å². The second-order valence-corrected chi connectivity index (χ2v) is 18.4. The number of fused-ring (bicyclic) bond motifs is 6. The van der Waals surface area contributed by atoms with Crippen LogP contribution in [-0.4, -0.2) is 11.5 Å². The Labute approximate surface area is 268 Å². The first kappa shape index (κ1) is 32.8. The van der Waals surface area contributed by atoms with Crippen molar-refractivity contribution in [1.82, 2.24) is 0 Å². The third-order valence-electron chi connectivity index (χ3n) is 7.17. The molecule has 1 atom stereocenters. The van der Waals surface area contributed by atoms with E-state index in [1.165, 1.54) is 63.7 Å². The molecule has 0 aliphatic heterocycles. The molecule has 5 heteroatoms. The van der Waals surface area contributed by atoms with Crippen LogP contribution in [0.1, 0.15) is 50.0 Å². The van der Waals surface area contributed by atoms with Crippen LogP contribution in [0.15, 0.2) is 84.9 Å². The van der Waals surface area contributed by atoms with Gasteiger partial charge in [0.25, 0.3) is 0 Å². The maximum atomic E-state index is 6.81. The smallest absolute Gasteiger partial charge is 1.00 e. The molecule has 0 aromatic heterocycles. The second-order valence-electron chi connectivity index (χ2n) is 11.5. The summed E-state index contributed by atoms with van der Waals surface area (Å²) in [6.45, 7) is 13.4. The molecule has 0 N–H and O–H groups in total. The molecule has 0 spiro atoms. The van der Waals surface area contributed by atoms with Crippen LogP contribution in [0.3, 0.4) is 0 Å². The van der Waals surface area contributed by atoms with Crippen molar-refractivity contribution in [2.45, 2.75) is 59.4 Å². The first-order valence-electron chi connectivity index (χ1n) is 13.7. The Hall–Kier alpha value is -1.74. The van der Waals surface area contributed by atoms with Gasteiger partial charge in [0, 0.05) is 0 Å². The van der Waals surface area contributed by atoms with E-state index in [-0.39, 0.29) is 30.9 Å². The minimum atomic E-state index is -1.73. The molecule has 0 heterocycles. The predicted octanol–water partition coefficient (Wildman–Crippen LogP) is 4.01. The third kappa shape index (κ3) is 6.50. The van der Waals surface area contributed by atoms with Crippen molar-refractivity contribution < 1.29 is 53.5 Å². The molecule has 0 fully saturated rings. The van der Waals surface area contributed by atoms with Gasteiger partial charge in [-0.05, 0) is 49.2 Å². The number of halogens is 2. The van der Waals surface area contributed by atoms with Gasteiger partial charge in [-0.1, -0.05) is 136 Å². The summed E-state index contributed by atoms with van der Waals surface area (Å²) in [6.07, 6.45) is 2.05. The van der Waals surface area contributed by atoms with Crippen molar-refractivity contribution in [3.8, 4) is 22.3 Å². The van der Waals surface area contributed by atoms with Gasteiger partial charge in [-0.25, -0.2) is 0 Å². The summed E-state index contributed by atoms with van der Waals surface area (Å²) in [7, 11) is -1.73. The van der Waals surface area contributed by atoms with Gasteiger partial charge in [0.15, 0.2) is 8.32 Å². The van der Waals surface area contributed by atoms with Crippen LogP contribution < -0.4 is 24.8 Å². The Bertz CT molecular complexity index is 1590. The molecule has 40 heavy (non-hydrogen) atoms. The monoisotopic (exact) mass is 661 g/mol. The van der Waals surface area contributed by atoms with Crippen LogP contribution in [0.25, 0.3) is 43.8 Å². The van der Waals surface area contributed by atoms with E-state index >= 15 is 0 Å². The van der Waals surface area contributed by atoms with Crippen LogP contribution >= 0.6 is 0 Å². The molecular weight excluding hydrogens is 627 g/mol. The average molecular weight is 664 g/mol. The van der Waals surface area contributed by atoms with Gasteiger partial charge in [-0.2, -0.15) is 0 Å². The van der Waals surface area contributed by atoms with Crippen molar-refractivity contribution in [3.05, 3.63) is 102 Å². The van der Waals surface area contributed by atoms with E-state index in [0.29, 0.717) is 0 Å². The Morgan fingerprint density at radius 1 is 0.800 bits per heavy atom. The van der Waals surface area contributed by atoms with Gasteiger partial charge in [-0.3, -0.25) is 0 Å². The van der Waals surface area contributed by atoms with E-state index in [1.807, 2.05) is 0 Å². The fourth-order valence-electron chi connectivity index (χ4n) is 5.87. The van der Waals surface area contributed by atoms with E-state index in [9.17, 15) is 0 Å². The van der Waals surface area contributed by atoms with Crippen molar-refractivity contribution >= 4 is 33.1 Å². The van der Waals surface area contributed by atoms with E-state index in [0.717, 1.165) is 12.8 Å². The molecule has 0 saturated heterocycles. The van der Waals surface area contributed by atoms with Crippen LogP contribution in [0.5, 0.6) is 0 Å². The minimum absolute atomic E-state index is 0. The summed E-state index contributed by atoms with van der Waals surface area (Å²) in [5.41, 5.74) is 9.77. The third-order valence-corrected chi connectivity index (χ3v) is 8.16. The first-order chi connectivity index (χ1) is 18.2. The number of hydrogen-bond donors (Lipinski definition) is 0. The fraction of sp³-hybridized carbons (Fsp3) is 0.257. The largest absolute Gasteiger partial charge is 1.00 e. The molecule has 206 valence electrons. The van der Waals surface area contributed by atoms with Gasteiger partial charge in [0.1, 0.15) is 0 Å². The zero-order valence-corrected chi connectivity index (χ0v) is 29.2. The first-order valence-corrected chi connectivity index (χ1v) is 18.3. The Kier molecular flexibility index (Phi) is 11.1. The number of rotatable bonds is 5. The van der Waals surface area contributed by atoms with Gasteiger partial charge >= 0.3 is 41.3 Å². The van der Waals surface area contributed by atoms with Gasteiger partial charge in [-0.15, -0.1) is 0 Å². The zero-order valence-electron chi connectivity index (χ0n) is 24.2. The Balaban J connectivity index is 0.000000691. The quantitative estimate of drug-likeness (QED) is 0.200. The summed E-state index contributed by atoms with van der Waals surface area (Å²) in [5.74, 6) is 0. The Morgan fingerprint density at radius 3 is 1.88 bits per heavy atom. The minimum Gasteiger partial charge on any atom is -1.00 e. The maximum absolute atomic E-state index is 6.81. The molecule has 1 aliphatic carbocycles. The molecule has 6 rings (SSSR count). The van der Waals surface area contributed by atoms with Crippen molar-refractivity contribution in [2.75, 3.05) is 0 Å². The molecule has 0 saturated carbocycles. The summed E-state index contributed by atoms with van der Waals surface area (Å²) in [5, 5.41) is 5.37. The van der Waals surface area contributed by atoms with Crippen LogP contribution in [0.4, 0.5) is 0 Å². The molecule has 5 aromatic carbocycles. The standard InChI is InChI=1S/C32H31OSi.C3H6.2ClH.Zr/c1-5-30(33-34(2,3)4)28-19-18-25-22-13-7-6-12-21(22)20-29(25)32(28)31-26-16-10-8-14-23(26)24-15-9-11-17-27(24)31;1-3-2;;;/h6-19,30H,5,20H2,1-4H3;1-2H3;2*1H;/q-1;;;;+2/p-2. The van der Waals surface area contributed by atoms with Crippen molar-refractivity contribution in [3.63, 3.8) is 0 Å². The van der Waals surface area contributed by atoms with E-state index < -0.39 is 8.32 Å². The fourth-order valence-corrected chi connectivity index (χ4v) is 7.02. The molecule has 0 bridgehead atoms. The zero-order chi connectivity index (χ0) is 27.0. The second kappa shape index (κ2) is 13.5.